The lowest BCUT2D eigenvalue weighted by Crippen LogP contribution is -2.37. The van der Waals surface area contributed by atoms with Crippen molar-refractivity contribution in [2.45, 2.75) is 187 Å². The van der Waals surface area contributed by atoms with Crippen molar-refractivity contribution in [1.29, 1.82) is 0 Å². The van der Waals surface area contributed by atoms with E-state index in [-0.39, 0.29) is 25.8 Å². The number of hydrogen-bond acceptors (Lipinski definition) is 6. The molecule has 0 aliphatic rings. The van der Waals surface area contributed by atoms with Crippen molar-refractivity contribution in [2.24, 2.45) is 0 Å². The predicted octanol–water partition coefficient (Wildman–Crippen LogP) is 13.7. The van der Waals surface area contributed by atoms with Crippen LogP contribution >= 0.6 is 7.82 Å². The van der Waals surface area contributed by atoms with Gasteiger partial charge in [0.25, 0.3) is 0 Å². The molecular formula is C48H89NO7P+. The molecule has 332 valence electrons. The summed E-state index contributed by atoms with van der Waals surface area (Å²) >= 11 is 0. The molecule has 0 aromatic heterocycles. The number of rotatable bonds is 42. The first-order valence-electron chi connectivity index (χ1n) is 23.0. The van der Waals surface area contributed by atoms with E-state index in [0.29, 0.717) is 24.1 Å². The van der Waals surface area contributed by atoms with Gasteiger partial charge in [-0.3, -0.25) is 13.8 Å². The molecule has 0 spiro atoms. The second-order valence-corrected chi connectivity index (χ2v) is 17.9. The van der Waals surface area contributed by atoms with Crippen LogP contribution in [0.1, 0.15) is 181 Å². The van der Waals surface area contributed by atoms with E-state index in [1.807, 2.05) is 21.1 Å². The average Bonchev–Trinajstić information content (AvgIpc) is 3.16. The Kier molecular flexibility index (Phi) is 39.7. The zero-order valence-electron chi connectivity index (χ0n) is 37.6. The highest BCUT2D eigenvalue weighted by Gasteiger charge is 2.26. The molecule has 0 rings (SSSR count). The Morgan fingerprint density at radius 3 is 1.53 bits per heavy atom. The summed E-state index contributed by atoms with van der Waals surface area (Å²) < 4.78 is 34.9. The molecule has 9 heteroatoms. The molecule has 0 aliphatic carbocycles. The van der Waals surface area contributed by atoms with E-state index >= 15 is 0 Å². The summed E-state index contributed by atoms with van der Waals surface area (Å²) in [6.45, 7) is 5.47. The summed E-state index contributed by atoms with van der Waals surface area (Å²) in [5.74, 6) is -0.320. The van der Waals surface area contributed by atoms with E-state index in [1.165, 1.54) is 96.3 Å². The quantitative estimate of drug-likeness (QED) is 0.0215. The highest BCUT2D eigenvalue weighted by molar-refractivity contribution is 7.47. The fraction of sp³-hybridized carbons (Fsp3) is 0.771. The van der Waals surface area contributed by atoms with Gasteiger partial charge in [-0.25, -0.2) is 4.57 Å². The molecule has 0 heterocycles. The Hall–Kier alpha value is -1.80. The van der Waals surface area contributed by atoms with Crippen LogP contribution in [0.3, 0.4) is 0 Å². The molecule has 0 fully saturated rings. The van der Waals surface area contributed by atoms with Gasteiger partial charge < -0.3 is 18.9 Å². The largest absolute Gasteiger partial charge is 0.472 e. The van der Waals surface area contributed by atoms with Gasteiger partial charge in [-0.05, 0) is 57.8 Å². The number of quaternary nitrogens is 1. The minimum Gasteiger partial charge on any atom is -0.457 e. The zero-order chi connectivity index (χ0) is 42.0. The number of likely N-dealkylation sites (N-methyl/N-ethyl adjacent to an activating group) is 1. The number of phosphoric ester groups is 1. The van der Waals surface area contributed by atoms with Crippen LogP contribution < -0.4 is 0 Å². The van der Waals surface area contributed by atoms with Crippen molar-refractivity contribution < 1.29 is 37.3 Å². The average molecular weight is 823 g/mol. The van der Waals surface area contributed by atoms with Crippen molar-refractivity contribution in [2.75, 3.05) is 54.1 Å². The van der Waals surface area contributed by atoms with E-state index in [4.69, 9.17) is 18.5 Å². The molecule has 2 unspecified atom stereocenters. The summed E-state index contributed by atoms with van der Waals surface area (Å²) in [5, 5.41) is 0. The number of nitrogens with zero attached hydrogens (tertiary/aromatic N) is 1. The first kappa shape index (κ1) is 55.2. The smallest absolute Gasteiger partial charge is 0.457 e. The molecule has 8 nitrogen and oxygen atoms in total. The Bertz CT molecular complexity index is 1090. The highest BCUT2D eigenvalue weighted by Crippen LogP contribution is 2.43. The fourth-order valence-electron chi connectivity index (χ4n) is 6.05. The van der Waals surface area contributed by atoms with Crippen LogP contribution in [0, 0.1) is 0 Å². The maximum atomic E-state index is 12.6. The number of allylic oxidation sites excluding steroid dienone is 10. The lowest BCUT2D eigenvalue weighted by molar-refractivity contribution is -0.870. The van der Waals surface area contributed by atoms with Crippen molar-refractivity contribution in [1.82, 2.24) is 0 Å². The fourth-order valence-corrected chi connectivity index (χ4v) is 6.79. The molecule has 0 bridgehead atoms. The second kappa shape index (κ2) is 41.0. The summed E-state index contributed by atoms with van der Waals surface area (Å²) in [6.07, 6.45) is 51.3. The predicted molar refractivity (Wildman–Crippen MR) is 242 cm³/mol. The number of ether oxygens (including phenoxy) is 2. The minimum atomic E-state index is -4.27. The van der Waals surface area contributed by atoms with Gasteiger partial charge >= 0.3 is 13.8 Å². The summed E-state index contributed by atoms with van der Waals surface area (Å²) in [5.41, 5.74) is 0. The molecule has 0 radical (unpaired) electrons. The molecule has 0 saturated heterocycles. The molecule has 0 aliphatic heterocycles. The van der Waals surface area contributed by atoms with E-state index in [2.05, 4.69) is 74.6 Å². The number of carbonyl (C=O) groups is 1. The first-order chi connectivity index (χ1) is 27.6. The zero-order valence-corrected chi connectivity index (χ0v) is 38.5. The molecule has 0 amide bonds. The second-order valence-electron chi connectivity index (χ2n) is 16.4. The summed E-state index contributed by atoms with van der Waals surface area (Å²) in [4.78, 5) is 22.8. The van der Waals surface area contributed by atoms with Crippen molar-refractivity contribution in [3.8, 4) is 0 Å². The molecule has 0 aromatic rings. The van der Waals surface area contributed by atoms with Crippen molar-refractivity contribution in [3.63, 3.8) is 0 Å². The van der Waals surface area contributed by atoms with E-state index < -0.39 is 13.9 Å². The maximum Gasteiger partial charge on any atom is 0.472 e. The van der Waals surface area contributed by atoms with E-state index in [0.717, 1.165) is 64.2 Å². The normalized spacial score (nSPS) is 14.3. The third kappa shape index (κ3) is 45.1. The minimum absolute atomic E-state index is 0.0866. The van der Waals surface area contributed by atoms with Gasteiger partial charge in [0.15, 0.2) is 0 Å². The number of esters is 1. The maximum absolute atomic E-state index is 12.6. The van der Waals surface area contributed by atoms with Crippen LogP contribution in [0.2, 0.25) is 0 Å². The Morgan fingerprint density at radius 1 is 0.561 bits per heavy atom. The van der Waals surface area contributed by atoms with Gasteiger partial charge in [-0.15, -0.1) is 0 Å². The number of phosphoric acid groups is 1. The van der Waals surface area contributed by atoms with Crippen LogP contribution in [0.5, 0.6) is 0 Å². The third-order valence-electron chi connectivity index (χ3n) is 9.59. The van der Waals surface area contributed by atoms with Crippen molar-refractivity contribution in [3.05, 3.63) is 60.8 Å². The van der Waals surface area contributed by atoms with Crippen LogP contribution in [0.15, 0.2) is 60.8 Å². The summed E-state index contributed by atoms with van der Waals surface area (Å²) in [7, 11) is 1.66. The molecule has 0 saturated carbocycles. The van der Waals surface area contributed by atoms with Gasteiger partial charge in [-0.1, -0.05) is 177 Å². The molecule has 1 N–H and O–H groups in total. The van der Waals surface area contributed by atoms with Crippen LogP contribution in [-0.2, 0) is 27.9 Å². The van der Waals surface area contributed by atoms with E-state index in [1.54, 1.807) is 0 Å². The van der Waals surface area contributed by atoms with Gasteiger partial charge in [0, 0.05) is 13.0 Å². The number of hydrogen-bond donors (Lipinski definition) is 1. The van der Waals surface area contributed by atoms with Crippen LogP contribution in [0.25, 0.3) is 0 Å². The lowest BCUT2D eigenvalue weighted by Gasteiger charge is -2.24. The van der Waals surface area contributed by atoms with Crippen LogP contribution in [0.4, 0.5) is 0 Å². The van der Waals surface area contributed by atoms with Gasteiger partial charge in [0.1, 0.15) is 19.3 Å². The number of unbranched alkanes of at least 4 members (excludes halogenated alkanes) is 18. The first-order valence-corrected chi connectivity index (χ1v) is 24.5. The standard InChI is InChI=1S/C48H88NO7P/c1-6-8-10-12-14-16-17-18-19-20-21-22-23-24-25-26-27-28-29-30-31-32-34-36-38-40-43-53-45-47(46-55-57(51,52)54-44-42-49(3,4)5)56-48(50)41-39-37-35-33-15-13-11-9-7-2/h8,10,14,16,18-19,21-22,24-25,47H,6-7,9,11-13,15,17,20,23,26-46H2,1-5H3/p+1/b10-8-,16-14-,19-18-,22-21-,25-24-. The molecule has 0 aromatic carbocycles. The Labute approximate surface area is 351 Å². The molecule has 57 heavy (non-hydrogen) atoms. The van der Waals surface area contributed by atoms with Crippen molar-refractivity contribution >= 4 is 13.8 Å². The lowest BCUT2D eigenvalue weighted by atomic mass is 10.1. The monoisotopic (exact) mass is 823 g/mol. The number of carbonyl (C=O) groups excluding carboxylic acids is 1. The molecule has 2 atom stereocenters. The third-order valence-corrected chi connectivity index (χ3v) is 10.6. The highest BCUT2D eigenvalue weighted by atomic mass is 31.2. The SMILES string of the molecule is CC/C=C\C/C=C\C/C=C\C/C=C\C/C=C\CCCCCCCCCCCCOCC(COP(=O)(O)OCC[N+](C)(C)C)OC(=O)CCCCCCCCCCC. The summed E-state index contributed by atoms with van der Waals surface area (Å²) in [6, 6.07) is 0. The van der Waals surface area contributed by atoms with Gasteiger partial charge in [-0.2, -0.15) is 0 Å². The van der Waals surface area contributed by atoms with Gasteiger partial charge in [0.2, 0.25) is 0 Å². The Balaban J connectivity index is 4.06. The molecular weight excluding hydrogens is 734 g/mol. The van der Waals surface area contributed by atoms with Crippen LogP contribution in [-0.4, -0.2) is 75.6 Å². The van der Waals surface area contributed by atoms with Gasteiger partial charge in [0.05, 0.1) is 34.4 Å². The van der Waals surface area contributed by atoms with E-state index in [9.17, 15) is 14.3 Å². The Morgan fingerprint density at radius 2 is 1.02 bits per heavy atom. The topological polar surface area (TPSA) is 91.3 Å².